The summed E-state index contributed by atoms with van der Waals surface area (Å²) in [6.07, 6.45) is -0.526. The molecule has 0 aliphatic carbocycles. The van der Waals surface area contributed by atoms with Gasteiger partial charge in [0, 0.05) is 16.5 Å². The van der Waals surface area contributed by atoms with Gasteiger partial charge in [0.2, 0.25) is 0 Å². The number of methoxy groups -OCH3 is 1. The third-order valence-electron chi connectivity index (χ3n) is 2.99. The lowest BCUT2D eigenvalue weighted by atomic mass is 10.0. The number of ether oxygens (including phenoxy) is 1. The summed E-state index contributed by atoms with van der Waals surface area (Å²) in [5.41, 5.74) is 1.33. The molecule has 0 bridgehead atoms. The fourth-order valence-electron chi connectivity index (χ4n) is 2.02. The van der Waals surface area contributed by atoms with E-state index in [1.807, 2.05) is 0 Å². The minimum absolute atomic E-state index is 0.307. The van der Waals surface area contributed by atoms with Crippen LogP contribution in [0.15, 0.2) is 40.9 Å². The Bertz CT molecular complexity index is 619. The van der Waals surface area contributed by atoms with Crippen molar-refractivity contribution < 1.29 is 14.2 Å². The zero-order valence-electron chi connectivity index (χ0n) is 10.7. The molecule has 0 amide bonds. The first-order valence-corrected chi connectivity index (χ1v) is 7.14. The SMILES string of the molecule is COc1cccc(Cl)c1C(O)Cc1ccc(F)cc1Br. The Labute approximate surface area is 130 Å². The summed E-state index contributed by atoms with van der Waals surface area (Å²) in [4.78, 5) is 0. The Kier molecular flexibility index (Phi) is 5.02. The van der Waals surface area contributed by atoms with E-state index in [4.69, 9.17) is 16.3 Å². The third-order valence-corrected chi connectivity index (χ3v) is 4.06. The van der Waals surface area contributed by atoms with Crippen molar-refractivity contribution in [3.05, 3.63) is 62.8 Å². The molecular formula is C15H13BrClFO2. The monoisotopic (exact) mass is 358 g/mol. The number of hydrogen-bond acceptors (Lipinski definition) is 2. The molecule has 0 fully saturated rings. The van der Waals surface area contributed by atoms with Gasteiger partial charge in [-0.1, -0.05) is 39.7 Å². The van der Waals surface area contributed by atoms with Gasteiger partial charge in [0.15, 0.2) is 0 Å². The summed E-state index contributed by atoms with van der Waals surface area (Å²) < 4.78 is 18.9. The first-order chi connectivity index (χ1) is 9.52. The van der Waals surface area contributed by atoms with Crippen molar-refractivity contribution in [1.29, 1.82) is 0 Å². The van der Waals surface area contributed by atoms with Gasteiger partial charge in [-0.15, -0.1) is 0 Å². The van der Waals surface area contributed by atoms with Crippen LogP contribution in [0.25, 0.3) is 0 Å². The van der Waals surface area contributed by atoms with E-state index in [1.54, 1.807) is 24.3 Å². The molecular weight excluding hydrogens is 347 g/mol. The molecule has 0 saturated heterocycles. The van der Waals surface area contributed by atoms with Gasteiger partial charge in [-0.2, -0.15) is 0 Å². The van der Waals surface area contributed by atoms with Gasteiger partial charge in [0.05, 0.1) is 18.2 Å². The predicted molar refractivity (Wildman–Crippen MR) is 80.8 cm³/mol. The lowest BCUT2D eigenvalue weighted by molar-refractivity contribution is 0.174. The summed E-state index contributed by atoms with van der Waals surface area (Å²) >= 11 is 9.41. The van der Waals surface area contributed by atoms with Crippen molar-refractivity contribution in [1.82, 2.24) is 0 Å². The largest absolute Gasteiger partial charge is 0.496 e. The van der Waals surface area contributed by atoms with Gasteiger partial charge in [-0.25, -0.2) is 4.39 Å². The van der Waals surface area contributed by atoms with E-state index in [0.717, 1.165) is 5.56 Å². The van der Waals surface area contributed by atoms with E-state index >= 15 is 0 Å². The molecule has 0 aliphatic heterocycles. The molecule has 1 N–H and O–H groups in total. The Morgan fingerprint density at radius 3 is 2.75 bits per heavy atom. The first kappa shape index (κ1) is 15.3. The van der Waals surface area contributed by atoms with Crippen LogP contribution in [0.5, 0.6) is 5.75 Å². The highest BCUT2D eigenvalue weighted by Gasteiger charge is 2.18. The first-order valence-electron chi connectivity index (χ1n) is 5.97. The zero-order valence-corrected chi connectivity index (χ0v) is 13.1. The van der Waals surface area contributed by atoms with Crippen molar-refractivity contribution in [2.24, 2.45) is 0 Å². The van der Waals surface area contributed by atoms with Crippen molar-refractivity contribution >= 4 is 27.5 Å². The van der Waals surface area contributed by atoms with Gasteiger partial charge in [0.1, 0.15) is 11.6 Å². The molecule has 5 heteroatoms. The number of aliphatic hydroxyl groups excluding tert-OH is 1. The second-order valence-corrected chi connectivity index (χ2v) is 5.57. The van der Waals surface area contributed by atoms with E-state index in [9.17, 15) is 9.50 Å². The van der Waals surface area contributed by atoms with E-state index in [-0.39, 0.29) is 5.82 Å². The number of hydrogen-bond donors (Lipinski definition) is 1. The molecule has 2 rings (SSSR count). The Morgan fingerprint density at radius 2 is 2.10 bits per heavy atom. The molecule has 20 heavy (non-hydrogen) atoms. The maximum atomic E-state index is 13.1. The smallest absolute Gasteiger partial charge is 0.126 e. The molecule has 0 aliphatic rings. The normalized spacial score (nSPS) is 12.2. The second-order valence-electron chi connectivity index (χ2n) is 4.31. The van der Waals surface area contributed by atoms with Crippen LogP contribution in [0.1, 0.15) is 17.2 Å². The Morgan fingerprint density at radius 1 is 1.35 bits per heavy atom. The fourth-order valence-corrected chi connectivity index (χ4v) is 2.82. The molecule has 0 heterocycles. The van der Waals surface area contributed by atoms with E-state index in [1.165, 1.54) is 19.2 Å². The summed E-state index contributed by atoms with van der Waals surface area (Å²) in [5, 5.41) is 10.8. The zero-order chi connectivity index (χ0) is 14.7. The average Bonchev–Trinajstić information content (AvgIpc) is 2.41. The second kappa shape index (κ2) is 6.57. The van der Waals surface area contributed by atoms with Crippen LogP contribution in [0.2, 0.25) is 5.02 Å². The van der Waals surface area contributed by atoms with Crippen LogP contribution in [0.4, 0.5) is 4.39 Å². The van der Waals surface area contributed by atoms with Gasteiger partial charge in [-0.05, 0) is 29.8 Å². The predicted octanol–water partition coefficient (Wildman–Crippen LogP) is 4.53. The molecule has 0 radical (unpaired) electrons. The molecule has 0 aromatic heterocycles. The Balaban J connectivity index is 2.30. The summed E-state index contributed by atoms with van der Waals surface area (Å²) in [6.45, 7) is 0. The molecule has 2 aromatic rings. The van der Waals surface area contributed by atoms with E-state index < -0.39 is 6.10 Å². The fraction of sp³-hybridized carbons (Fsp3) is 0.200. The highest BCUT2D eigenvalue weighted by molar-refractivity contribution is 9.10. The van der Waals surface area contributed by atoms with Crippen molar-refractivity contribution in [3.8, 4) is 5.75 Å². The molecule has 0 saturated carbocycles. The molecule has 106 valence electrons. The number of benzene rings is 2. The minimum Gasteiger partial charge on any atom is -0.496 e. The lowest BCUT2D eigenvalue weighted by Crippen LogP contribution is -2.05. The topological polar surface area (TPSA) is 29.5 Å². The Hall–Kier alpha value is -1.10. The third kappa shape index (κ3) is 3.32. The summed E-state index contributed by atoms with van der Waals surface area (Å²) in [7, 11) is 1.52. The van der Waals surface area contributed by atoms with Gasteiger partial charge >= 0.3 is 0 Å². The maximum Gasteiger partial charge on any atom is 0.126 e. The van der Waals surface area contributed by atoms with Crippen LogP contribution in [-0.4, -0.2) is 12.2 Å². The number of halogens is 3. The van der Waals surface area contributed by atoms with E-state index in [0.29, 0.717) is 27.2 Å². The quantitative estimate of drug-likeness (QED) is 0.869. The van der Waals surface area contributed by atoms with Crippen LogP contribution in [0.3, 0.4) is 0 Å². The minimum atomic E-state index is -0.833. The van der Waals surface area contributed by atoms with Gasteiger partial charge in [0.25, 0.3) is 0 Å². The number of rotatable bonds is 4. The van der Waals surface area contributed by atoms with Gasteiger partial charge in [-0.3, -0.25) is 0 Å². The van der Waals surface area contributed by atoms with E-state index in [2.05, 4.69) is 15.9 Å². The van der Waals surface area contributed by atoms with Crippen molar-refractivity contribution in [2.75, 3.05) is 7.11 Å². The van der Waals surface area contributed by atoms with Crippen molar-refractivity contribution in [2.45, 2.75) is 12.5 Å². The lowest BCUT2D eigenvalue weighted by Gasteiger charge is -2.17. The van der Waals surface area contributed by atoms with Crippen LogP contribution in [0, 0.1) is 5.82 Å². The van der Waals surface area contributed by atoms with Crippen LogP contribution in [-0.2, 0) is 6.42 Å². The van der Waals surface area contributed by atoms with Gasteiger partial charge < -0.3 is 9.84 Å². The molecule has 2 nitrogen and oxygen atoms in total. The highest BCUT2D eigenvalue weighted by Crippen LogP contribution is 2.34. The van der Waals surface area contributed by atoms with Crippen LogP contribution >= 0.6 is 27.5 Å². The highest BCUT2D eigenvalue weighted by atomic mass is 79.9. The molecule has 2 aromatic carbocycles. The molecule has 0 spiro atoms. The summed E-state index contributed by atoms with van der Waals surface area (Å²) in [6, 6.07) is 9.55. The summed E-state index contributed by atoms with van der Waals surface area (Å²) in [5.74, 6) is 0.202. The standard InChI is InChI=1S/C15H13BrClFO2/c1-20-14-4-2-3-12(17)15(14)13(19)7-9-5-6-10(18)8-11(9)16/h2-6,8,13,19H,7H2,1H3. The number of aliphatic hydroxyl groups is 1. The molecule has 1 atom stereocenters. The van der Waals surface area contributed by atoms with Crippen LogP contribution < -0.4 is 4.74 Å². The van der Waals surface area contributed by atoms with Crippen molar-refractivity contribution in [3.63, 3.8) is 0 Å². The maximum absolute atomic E-state index is 13.1. The molecule has 1 unspecified atom stereocenters. The average molecular weight is 360 g/mol.